The van der Waals surface area contributed by atoms with Crippen molar-refractivity contribution in [1.82, 2.24) is 4.98 Å². The molecule has 1 heterocycles. The molecule has 0 saturated carbocycles. The molecule has 2 atom stereocenters. The SMILES string of the molecule is C[C@@]1(O)C(=O)Cc2c([nH]c3ccccc23)[C@@]1(C)O. The number of hydrogen-bond donors (Lipinski definition) is 3. The standard InChI is InChI=1S/C14H15NO3/c1-13(17)11(16)7-9-8-5-3-4-6-10(8)15-12(9)14(13,2)18/h3-6,15,17-18H,7H2,1-2H3/t13-,14-/m1/s1. The van der Waals surface area contributed by atoms with Crippen LogP contribution in [-0.2, 0) is 16.8 Å². The Hall–Kier alpha value is -1.65. The van der Waals surface area contributed by atoms with Crippen LogP contribution < -0.4 is 0 Å². The molecule has 0 saturated heterocycles. The molecule has 18 heavy (non-hydrogen) atoms. The summed E-state index contributed by atoms with van der Waals surface area (Å²) in [7, 11) is 0. The first-order valence-electron chi connectivity index (χ1n) is 5.94. The van der Waals surface area contributed by atoms with Crippen molar-refractivity contribution in [1.29, 1.82) is 0 Å². The number of nitrogens with one attached hydrogen (secondary N) is 1. The summed E-state index contributed by atoms with van der Waals surface area (Å²) in [6.45, 7) is 2.84. The molecule has 1 aromatic carbocycles. The summed E-state index contributed by atoms with van der Waals surface area (Å²) < 4.78 is 0. The molecule has 0 radical (unpaired) electrons. The third-order valence-corrected chi connectivity index (χ3v) is 4.13. The van der Waals surface area contributed by atoms with Crippen molar-refractivity contribution in [3.63, 3.8) is 0 Å². The summed E-state index contributed by atoms with van der Waals surface area (Å²) in [4.78, 5) is 15.1. The molecule has 4 nitrogen and oxygen atoms in total. The van der Waals surface area contributed by atoms with Gasteiger partial charge in [0.05, 0.1) is 5.69 Å². The number of carbonyl (C=O) groups excluding carboxylic acids is 1. The van der Waals surface area contributed by atoms with Gasteiger partial charge in [0.25, 0.3) is 0 Å². The monoisotopic (exact) mass is 245 g/mol. The lowest BCUT2D eigenvalue weighted by Gasteiger charge is -2.40. The van der Waals surface area contributed by atoms with E-state index >= 15 is 0 Å². The minimum absolute atomic E-state index is 0.141. The molecule has 0 bridgehead atoms. The Morgan fingerprint density at radius 1 is 1.17 bits per heavy atom. The third kappa shape index (κ3) is 1.19. The molecular weight excluding hydrogens is 230 g/mol. The molecule has 0 aliphatic heterocycles. The van der Waals surface area contributed by atoms with Crippen molar-refractivity contribution in [2.45, 2.75) is 31.5 Å². The molecule has 3 N–H and O–H groups in total. The predicted octanol–water partition coefficient (Wildman–Crippen LogP) is 1.25. The highest BCUT2D eigenvalue weighted by Crippen LogP contribution is 2.42. The van der Waals surface area contributed by atoms with Gasteiger partial charge < -0.3 is 15.2 Å². The van der Waals surface area contributed by atoms with Gasteiger partial charge in [-0.3, -0.25) is 4.79 Å². The quantitative estimate of drug-likeness (QED) is 0.654. The summed E-state index contributed by atoms with van der Waals surface area (Å²) in [5, 5.41) is 21.7. The fourth-order valence-electron chi connectivity index (χ4n) is 2.65. The number of hydrogen-bond acceptors (Lipinski definition) is 3. The maximum absolute atomic E-state index is 12.0. The van der Waals surface area contributed by atoms with Crippen LogP contribution in [0.3, 0.4) is 0 Å². The predicted molar refractivity (Wildman–Crippen MR) is 67.2 cm³/mol. The second-order valence-corrected chi connectivity index (χ2v) is 5.27. The van der Waals surface area contributed by atoms with Crippen LogP contribution in [0.25, 0.3) is 10.9 Å². The molecule has 0 unspecified atom stereocenters. The van der Waals surface area contributed by atoms with Gasteiger partial charge in [-0.1, -0.05) is 18.2 Å². The number of aromatic amines is 1. The molecule has 0 amide bonds. The fraction of sp³-hybridized carbons (Fsp3) is 0.357. The molecule has 2 aromatic rings. The summed E-state index contributed by atoms with van der Waals surface area (Å²) >= 11 is 0. The van der Waals surface area contributed by atoms with Crippen LogP contribution in [-0.4, -0.2) is 26.6 Å². The minimum Gasteiger partial charge on any atom is -0.380 e. The number of carbonyl (C=O) groups is 1. The van der Waals surface area contributed by atoms with Gasteiger partial charge in [-0.2, -0.15) is 0 Å². The number of fused-ring (bicyclic) bond motifs is 3. The summed E-state index contributed by atoms with van der Waals surface area (Å²) in [6.07, 6.45) is 0.141. The molecular formula is C14H15NO3. The van der Waals surface area contributed by atoms with Gasteiger partial charge in [0.2, 0.25) is 0 Å². The maximum atomic E-state index is 12.0. The van der Waals surface area contributed by atoms with Crippen LogP contribution in [0.5, 0.6) is 0 Å². The van der Waals surface area contributed by atoms with E-state index in [4.69, 9.17) is 0 Å². The van der Waals surface area contributed by atoms with Gasteiger partial charge in [-0.15, -0.1) is 0 Å². The van der Waals surface area contributed by atoms with Crippen molar-refractivity contribution in [3.05, 3.63) is 35.5 Å². The van der Waals surface area contributed by atoms with Gasteiger partial charge >= 0.3 is 0 Å². The van der Waals surface area contributed by atoms with Crippen molar-refractivity contribution >= 4 is 16.7 Å². The first-order valence-corrected chi connectivity index (χ1v) is 5.94. The van der Waals surface area contributed by atoms with E-state index in [1.54, 1.807) is 0 Å². The smallest absolute Gasteiger partial charge is 0.171 e. The van der Waals surface area contributed by atoms with E-state index in [1.807, 2.05) is 24.3 Å². The molecule has 0 fully saturated rings. The van der Waals surface area contributed by atoms with Gasteiger partial charge in [0.15, 0.2) is 11.4 Å². The molecule has 94 valence electrons. The van der Waals surface area contributed by atoms with Gasteiger partial charge in [-0.25, -0.2) is 0 Å². The summed E-state index contributed by atoms with van der Waals surface area (Å²) in [6, 6.07) is 7.58. The zero-order valence-electron chi connectivity index (χ0n) is 10.3. The van der Waals surface area contributed by atoms with Crippen molar-refractivity contribution in [2.75, 3.05) is 0 Å². The van der Waals surface area contributed by atoms with Crippen molar-refractivity contribution < 1.29 is 15.0 Å². The first-order chi connectivity index (χ1) is 8.35. The number of benzene rings is 1. The third-order valence-electron chi connectivity index (χ3n) is 4.13. The molecule has 0 spiro atoms. The Balaban J connectivity index is 2.37. The Morgan fingerprint density at radius 2 is 1.83 bits per heavy atom. The number of aliphatic hydroxyl groups is 2. The highest BCUT2D eigenvalue weighted by Gasteiger charge is 2.54. The van der Waals surface area contributed by atoms with Gasteiger partial charge in [0.1, 0.15) is 5.60 Å². The van der Waals surface area contributed by atoms with E-state index in [2.05, 4.69) is 4.98 Å². The molecule has 3 rings (SSSR count). The number of para-hydroxylation sites is 1. The van der Waals surface area contributed by atoms with Gasteiger partial charge in [-0.05, 0) is 25.5 Å². The Morgan fingerprint density at radius 3 is 2.56 bits per heavy atom. The van der Waals surface area contributed by atoms with Crippen LogP contribution in [0.1, 0.15) is 25.1 Å². The molecule has 1 aliphatic rings. The highest BCUT2D eigenvalue weighted by atomic mass is 16.4. The average molecular weight is 245 g/mol. The number of rotatable bonds is 0. The number of aromatic nitrogens is 1. The maximum Gasteiger partial charge on any atom is 0.171 e. The minimum atomic E-state index is -1.76. The van der Waals surface area contributed by atoms with E-state index < -0.39 is 11.2 Å². The lowest BCUT2D eigenvalue weighted by Crippen LogP contribution is -2.57. The van der Waals surface area contributed by atoms with Crippen LogP contribution in [0, 0.1) is 0 Å². The summed E-state index contributed by atoms with van der Waals surface area (Å²) in [5.74, 6) is -0.357. The average Bonchev–Trinajstić information content (AvgIpc) is 2.67. The Kier molecular flexibility index (Phi) is 2.04. The second-order valence-electron chi connectivity index (χ2n) is 5.27. The van der Waals surface area contributed by atoms with E-state index in [0.29, 0.717) is 5.69 Å². The number of ketones is 1. The van der Waals surface area contributed by atoms with Crippen LogP contribution in [0.2, 0.25) is 0 Å². The number of Topliss-reactive ketones (excluding diaryl/α,β-unsaturated/α-hetero) is 1. The Labute approximate surface area is 104 Å². The Bertz CT molecular complexity index is 652. The summed E-state index contributed by atoms with van der Waals surface area (Å²) in [5.41, 5.74) is -1.17. The highest BCUT2D eigenvalue weighted by molar-refractivity contribution is 5.98. The van der Waals surface area contributed by atoms with E-state index in [-0.39, 0.29) is 12.2 Å². The van der Waals surface area contributed by atoms with E-state index in [9.17, 15) is 15.0 Å². The molecule has 1 aliphatic carbocycles. The first kappa shape index (κ1) is 11.4. The van der Waals surface area contributed by atoms with E-state index in [0.717, 1.165) is 16.5 Å². The van der Waals surface area contributed by atoms with E-state index in [1.165, 1.54) is 13.8 Å². The zero-order chi connectivity index (χ0) is 13.1. The van der Waals surface area contributed by atoms with Crippen LogP contribution >= 0.6 is 0 Å². The van der Waals surface area contributed by atoms with Gasteiger partial charge in [0, 0.05) is 17.3 Å². The molecule has 1 aromatic heterocycles. The van der Waals surface area contributed by atoms with Crippen molar-refractivity contribution in [2.24, 2.45) is 0 Å². The lowest BCUT2D eigenvalue weighted by atomic mass is 9.72. The van der Waals surface area contributed by atoms with Crippen LogP contribution in [0.4, 0.5) is 0 Å². The van der Waals surface area contributed by atoms with Crippen molar-refractivity contribution in [3.8, 4) is 0 Å². The zero-order valence-corrected chi connectivity index (χ0v) is 10.3. The normalized spacial score (nSPS) is 31.7. The topological polar surface area (TPSA) is 73.3 Å². The second kappa shape index (κ2) is 3.22. The number of H-pyrrole nitrogens is 1. The largest absolute Gasteiger partial charge is 0.380 e. The van der Waals surface area contributed by atoms with Crippen LogP contribution in [0.15, 0.2) is 24.3 Å². The fourth-order valence-corrected chi connectivity index (χ4v) is 2.65. The molecule has 4 heteroatoms. The lowest BCUT2D eigenvalue weighted by molar-refractivity contribution is -0.171.